The van der Waals surface area contributed by atoms with E-state index >= 15 is 0 Å². The predicted molar refractivity (Wildman–Crippen MR) is 173 cm³/mol. The Bertz CT molecular complexity index is 1870. The van der Waals surface area contributed by atoms with E-state index in [9.17, 15) is 19.5 Å². The summed E-state index contributed by atoms with van der Waals surface area (Å²) in [6.45, 7) is 14.0. The minimum absolute atomic E-state index is 0. The third-order valence-corrected chi connectivity index (χ3v) is 10.2. The summed E-state index contributed by atoms with van der Waals surface area (Å²) < 4.78 is 11.5. The van der Waals surface area contributed by atoms with Crippen molar-refractivity contribution < 1.29 is 29.0 Å². The number of hydrogen-bond donors (Lipinski definition) is 1. The van der Waals surface area contributed by atoms with Crippen molar-refractivity contribution in [2.75, 3.05) is 7.11 Å². The van der Waals surface area contributed by atoms with Crippen LogP contribution in [0.2, 0.25) is 0 Å². The molecule has 5 atom stereocenters. The van der Waals surface area contributed by atoms with E-state index in [1.165, 1.54) is 7.11 Å². The van der Waals surface area contributed by atoms with E-state index in [4.69, 9.17) is 30.1 Å². The second-order valence-corrected chi connectivity index (χ2v) is 12.4. The maximum Gasteiger partial charge on any atom is 2.00 e. The summed E-state index contributed by atoms with van der Waals surface area (Å²) in [6.07, 6.45) is 6.09. The number of carboxylic acid groups (broad SMARTS) is 1. The van der Waals surface area contributed by atoms with Gasteiger partial charge in [0.05, 0.1) is 18.9 Å². The van der Waals surface area contributed by atoms with Crippen molar-refractivity contribution >= 4 is 64.6 Å². The number of rotatable bonds is 6. The molecule has 7 rings (SSSR count). The van der Waals surface area contributed by atoms with Crippen LogP contribution in [0.4, 0.5) is 0 Å². The summed E-state index contributed by atoms with van der Waals surface area (Å²) in [7, 11) is 1.25. The maximum atomic E-state index is 14.0. The second kappa shape index (κ2) is 11.2. The molecular weight excluding hydrogens is 597 g/mol. The molecule has 1 N–H and O–H groups in total. The number of carbonyl (C=O) groups is 3. The van der Waals surface area contributed by atoms with Gasteiger partial charge >= 0.3 is 35.0 Å². The SMILES string of the molecule is C=Cc1c2[n-]c(c1C)/C=C1\[N-]/C(=C3\c4[n-]c(c(C)c4C(=O)[C@@H]3C(=O)OC)/C=C3\[N-][C@]4(O[C@@H]24)C(C)=C3CC)[C@@H](CCC(=O)O)[C@@H]1C.[Mg+2]. The van der Waals surface area contributed by atoms with Crippen LogP contribution in [0.3, 0.4) is 0 Å². The quantitative estimate of drug-likeness (QED) is 0.178. The van der Waals surface area contributed by atoms with Crippen LogP contribution in [0.25, 0.3) is 34.4 Å². The molecule has 2 aromatic rings. The number of Topliss-reactive ketones (excluding diaryl/α,β-unsaturated/α-hetero) is 1. The number of carboxylic acids is 1. The topological polar surface area (TPSA) is 150 Å². The van der Waals surface area contributed by atoms with Gasteiger partial charge in [0.1, 0.15) is 5.92 Å². The van der Waals surface area contributed by atoms with Crippen molar-refractivity contribution in [1.82, 2.24) is 9.97 Å². The van der Waals surface area contributed by atoms with Crippen molar-refractivity contribution in [2.45, 2.75) is 65.7 Å². The zero-order valence-corrected chi connectivity index (χ0v) is 28.3. The number of aliphatic carboxylic acids is 1. The van der Waals surface area contributed by atoms with Crippen LogP contribution in [-0.2, 0) is 19.1 Å². The zero-order chi connectivity index (χ0) is 32.1. The van der Waals surface area contributed by atoms with Crippen LogP contribution in [-0.4, -0.2) is 58.7 Å². The Kier molecular flexibility index (Phi) is 7.81. The Labute approximate surface area is 283 Å². The van der Waals surface area contributed by atoms with Gasteiger partial charge in [-0.25, -0.2) is 0 Å². The van der Waals surface area contributed by atoms with Gasteiger partial charge in [0.25, 0.3) is 0 Å². The Hall–Kier alpha value is -3.80. The molecule has 2 saturated heterocycles. The summed E-state index contributed by atoms with van der Waals surface area (Å²) >= 11 is 0. The predicted octanol–water partition coefficient (Wildman–Crippen LogP) is 5.96. The number of nitrogens with zero attached hydrogens (tertiary/aromatic N) is 4. The molecule has 234 valence electrons. The fraction of sp³-hybridized carbons (Fsp3) is 0.400. The van der Waals surface area contributed by atoms with Crippen LogP contribution in [0.15, 0.2) is 34.8 Å². The molecule has 0 aromatic carbocycles. The fourth-order valence-electron chi connectivity index (χ4n) is 7.62. The normalized spacial score (nSPS) is 30.8. The molecule has 6 heterocycles. The van der Waals surface area contributed by atoms with E-state index in [2.05, 4.69) is 13.5 Å². The van der Waals surface area contributed by atoms with Crippen LogP contribution in [0.1, 0.15) is 96.0 Å². The number of esters is 1. The number of fused-ring (bicyclic) bond motifs is 7. The number of ether oxygens (including phenoxy) is 2. The summed E-state index contributed by atoms with van der Waals surface area (Å²) in [5, 5.41) is 19.8. The van der Waals surface area contributed by atoms with Gasteiger partial charge < -0.3 is 35.2 Å². The van der Waals surface area contributed by atoms with Gasteiger partial charge in [-0.15, -0.1) is 28.5 Å². The van der Waals surface area contributed by atoms with Crippen molar-refractivity contribution in [3.05, 3.63) is 90.5 Å². The molecule has 2 fully saturated rings. The average molecular weight is 631 g/mol. The van der Waals surface area contributed by atoms with Gasteiger partial charge in [0.2, 0.25) is 0 Å². The van der Waals surface area contributed by atoms with Crippen LogP contribution in [0, 0.1) is 31.6 Å². The van der Waals surface area contributed by atoms with Crippen LogP contribution >= 0.6 is 0 Å². The van der Waals surface area contributed by atoms with Gasteiger partial charge in [-0.3, -0.25) is 14.4 Å². The first-order chi connectivity index (χ1) is 21.5. The average Bonchev–Trinajstić information content (AvgIpc) is 3.21. The molecule has 0 unspecified atom stereocenters. The van der Waals surface area contributed by atoms with Gasteiger partial charge in [-0.1, -0.05) is 66.5 Å². The molecule has 4 aliphatic heterocycles. The Balaban J connectivity index is 0.00000372. The van der Waals surface area contributed by atoms with E-state index in [0.29, 0.717) is 45.2 Å². The van der Waals surface area contributed by atoms with Crippen molar-refractivity contribution in [2.24, 2.45) is 17.8 Å². The number of allylic oxidation sites excluding steroid dienone is 3. The first-order valence-corrected chi connectivity index (χ1v) is 15.3. The number of epoxide rings is 1. The standard InChI is InChI=1S/C35H36N4O6.Mg/c1-8-18-14(3)21-12-22-15(4)20(10-11-25(40)41)29(36-22)27-28(34(43)44-7)32(42)26-16(5)23(38-31(26)27)13-24-19(9-2)17(6)35(39-24)33(45-35)30(18)37-21;/h8,12-13,15,20,28,33H,1,9-11H2,2-7H3,(H3,36,38,40,41,42);/q-2;+2/p-2/b22-12-,24-13-;/t15-,20-,28+,33-,35-;/m0./s1. The third kappa shape index (κ3) is 4.35. The van der Waals surface area contributed by atoms with E-state index < -0.39 is 29.4 Å². The molecule has 0 radical (unpaired) electrons. The van der Waals surface area contributed by atoms with Gasteiger partial charge in [0, 0.05) is 12.0 Å². The maximum absolute atomic E-state index is 14.0. The Morgan fingerprint density at radius 3 is 2.52 bits per heavy atom. The fourth-order valence-corrected chi connectivity index (χ4v) is 7.62. The Morgan fingerprint density at radius 2 is 1.87 bits per heavy atom. The summed E-state index contributed by atoms with van der Waals surface area (Å²) in [5.74, 6) is -3.88. The van der Waals surface area contributed by atoms with Gasteiger partial charge in [-0.2, -0.15) is 11.4 Å². The smallest absolute Gasteiger partial charge is 0.664 e. The minimum Gasteiger partial charge on any atom is -0.664 e. The molecule has 0 saturated carbocycles. The van der Waals surface area contributed by atoms with E-state index in [1.54, 1.807) is 6.08 Å². The van der Waals surface area contributed by atoms with Crippen LogP contribution < -0.4 is 9.97 Å². The number of hydrogen-bond acceptors (Lipinski definition) is 5. The zero-order valence-electron chi connectivity index (χ0n) is 26.9. The third-order valence-electron chi connectivity index (χ3n) is 10.2. The largest absolute Gasteiger partial charge is 2.00 e. The molecule has 2 aromatic heterocycles. The first kappa shape index (κ1) is 32.1. The summed E-state index contributed by atoms with van der Waals surface area (Å²) in [5.41, 5.74) is 8.74. The van der Waals surface area contributed by atoms with E-state index in [-0.39, 0.29) is 53.8 Å². The molecule has 0 amide bonds. The van der Waals surface area contributed by atoms with Gasteiger partial charge in [-0.05, 0) is 51.0 Å². The molecule has 5 aliphatic rings. The molecule has 8 bridgehead atoms. The Morgan fingerprint density at radius 1 is 1.15 bits per heavy atom. The molecule has 1 spiro atoms. The number of carbonyl (C=O) groups excluding carboxylic acids is 2. The van der Waals surface area contributed by atoms with Gasteiger partial charge in [0.15, 0.2) is 5.78 Å². The molecule has 1 aliphatic carbocycles. The van der Waals surface area contributed by atoms with Crippen LogP contribution in [0.5, 0.6) is 0 Å². The number of ketones is 1. The molecule has 10 nitrogen and oxygen atoms in total. The molecular formula is C35H34MgN4O6-2. The van der Waals surface area contributed by atoms with E-state index in [1.807, 2.05) is 39.8 Å². The molecule has 11 heteroatoms. The number of methoxy groups -OCH3 is 1. The monoisotopic (exact) mass is 630 g/mol. The van der Waals surface area contributed by atoms with Crippen molar-refractivity contribution in [3.8, 4) is 0 Å². The van der Waals surface area contributed by atoms with E-state index in [0.717, 1.165) is 40.1 Å². The second-order valence-electron chi connectivity index (χ2n) is 12.4. The van der Waals surface area contributed by atoms with Crippen molar-refractivity contribution in [3.63, 3.8) is 0 Å². The summed E-state index contributed by atoms with van der Waals surface area (Å²) in [4.78, 5) is 49.0. The van der Waals surface area contributed by atoms with Crippen molar-refractivity contribution in [1.29, 1.82) is 0 Å². The minimum atomic E-state index is -1.24. The summed E-state index contributed by atoms with van der Waals surface area (Å²) in [6, 6.07) is 0. The number of aromatic nitrogens is 2. The first-order valence-electron chi connectivity index (χ1n) is 15.3. The molecule has 46 heavy (non-hydrogen) atoms.